The normalized spacial score (nSPS) is 12.3. The summed E-state index contributed by atoms with van der Waals surface area (Å²) in [6, 6.07) is 22.8. The summed E-state index contributed by atoms with van der Waals surface area (Å²) >= 11 is 0. The van der Waals surface area contributed by atoms with Crippen LogP contribution < -0.4 is 16.1 Å². The van der Waals surface area contributed by atoms with Gasteiger partial charge >= 0.3 is 0 Å². The van der Waals surface area contributed by atoms with Crippen LogP contribution in [0, 0.1) is 0 Å². The number of rotatable bonds is 5. The molecule has 0 unspecified atom stereocenters. The molecule has 0 radical (unpaired) electrons. The van der Waals surface area contributed by atoms with E-state index in [0.717, 1.165) is 0 Å². The molecule has 0 amide bonds. The van der Waals surface area contributed by atoms with E-state index in [1.807, 2.05) is 12.1 Å². The standard InChI is InChI=1S/C20H24N2O2Si/c1-20(2,3)25(17-10-6-4-7-11-17,18-12-8-5-9-13-18)23-15-16-14-19(21)24-22-16/h4-14H,15,21H2,1-3H3. The Morgan fingerprint density at radius 1 is 0.960 bits per heavy atom. The van der Waals surface area contributed by atoms with E-state index in [1.54, 1.807) is 6.07 Å². The van der Waals surface area contributed by atoms with E-state index in [2.05, 4.69) is 74.5 Å². The monoisotopic (exact) mass is 352 g/mol. The molecule has 1 heterocycles. The van der Waals surface area contributed by atoms with Crippen molar-refractivity contribution < 1.29 is 8.95 Å². The number of aromatic nitrogens is 1. The molecule has 25 heavy (non-hydrogen) atoms. The van der Waals surface area contributed by atoms with Crippen molar-refractivity contribution in [3.8, 4) is 0 Å². The third kappa shape index (κ3) is 3.38. The summed E-state index contributed by atoms with van der Waals surface area (Å²) in [5.74, 6) is 0.307. The van der Waals surface area contributed by atoms with Crippen LogP contribution in [0.5, 0.6) is 0 Å². The van der Waals surface area contributed by atoms with Gasteiger partial charge in [0.25, 0.3) is 8.32 Å². The van der Waals surface area contributed by atoms with Crippen LogP contribution in [0.15, 0.2) is 71.3 Å². The number of hydrogen-bond acceptors (Lipinski definition) is 4. The highest BCUT2D eigenvalue weighted by molar-refractivity contribution is 6.99. The number of hydrogen-bond donors (Lipinski definition) is 1. The molecular formula is C20H24N2O2Si. The highest BCUT2D eigenvalue weighted by atomic mass is 28.4. The third-order valence-electron chi connectivity index (χ3n) is 4.43. The molecule has 0 bridgehead atoms. The molecule has 0 saturated carbocycles. The van der Waals surface area contributed by atoms with Crippen LogP contribution >= 0.6 is 0 Å². The molecule has 2 aromatic carbocycles. The van der Waals surface area contributed by atoms with Crippen LogP contribution in [0.2, 0.25) is 5.04 Å². The Morgan fingerprint density at radius 2 is 1.48 bits per heavy atom. The van der Waals surface area contributed by atoms with Gasteiger partial charge in [-0.3, -0.25) is 0 Å². The molecule has 0 fully saturated rings. The molecule has 3 aromatic rings. The predicted octanol–water partition coefficient (Wildman–Crippen LogP) is 3.33. The van der Waals surface area contributed by atoms with Crippen molar-refractivity contribution in [2.24, 2.45) is 0 Å². The predicted molar refractivity (Wildman–Crippen MR) is 103 cm³/mol. The van der Waals surface area contributed by atoms with Gasteiger partial charge in [0.1, 0.15) is 5.69 Å². The topological polar surface area (TPSA) is 61.3 Å². The van der Waals surface area contributed by atoms with E-state index >= 15 is 0 Å². The van der Waals surface area contributed by atoms with Crippen LogP contribution in [-0.2, 0) is 11.0 Å². The van der Waals surface area contributed by atoms with Gasteiger partial charge in [-0.2, -0.15) is 0 Å². The van der Waals surface area contributed by atoms with Crippen molar-refractivity contribution in [3.63, 3.8) is 0 Å². The summed E-state index contributed by atoms with van der Waals surface area (Å²) in [7, 11) is -2.55. The summed E-state index contributed by atoms with van der Waals surface area (Å²) in [4.78, 5) is 0. The number of nitrogen functional groups attached to an aromatic ring is 1. The second-order valence-corrected chi connectivity index (χ2v) is 11.5. The molecule has 130 valence electrons. The van der Waals surface area contributed by atoms with E-state index in [1.165, 1.54) is 10.4 Å². The summed E-state index contributed by atoms with van der Waals surface area (Å²) in [5.41, 5.74) is 6.37. The van der Waals surface area contributed by atoms with E-state index in [9.17, 15) is 0 Å². The van der Waals surface area contributed by atoms with Gasteiger partial charge in [0.05, 0.1) is 6.61 Å². The lowest BCUT2D eigenvalue weighted by molar-refractivity contribution is 0.273. The van der Waals surface area contributed by atoms with E-state index in [0.29, 0.717) is 18.2 Å². The maximum absolute atomic E-state index is 6.73. The number of anilines is 1. The Bertz CT molecular complexity index is 771. The zero-order chi connectivity index (χ0) is 17.9. The van der Waals surface area contributed by atoms with Crippen molar-refractivity contribution in [2.45, 2.75) is 32.4 Å². The molecule has 3 rings (SSSR count). The average Bonchev–Trinajstić information content (AvgIpc) is 3.02. The second kappa shape index (κ2) is 6.86. The van der Waals surface area contributed by atoms with Gasteiger partial charge in [0.2, 0.25) is 5.88 Å². The van der Waals surface area contributed by atoms with E-state index < -0.39 is 8.32 Å². The van der Waals surface area contributed by atoms with E-state index in [4.69, 9.17) is 14.7 Å². The summed E-state index contributed by atoms with van der Waals surface area (Å²) in [6.07, 6.45) is 0. The van der Waals surface area contributed by atoms with Crippen LogP contribution in [0.1, 0.15) is 26.5 Å². The zero-order valence-electron chi connectivity index (χ0n) is 14.9. The molecule has 0 aliphatic heterocycles. The largest absolute Gasteiger partial charge is 0.401 e. The lowest BCUT2D eigenvalue weighted by Crippen LogP contribution is -2.66. The van der Waals surface area contributed by atoms with Gasteiger partial charge in [0, 0.05) is 6.07 Å². The summed E-state index contributed by atoms with van der Waals surface area (Å²) < 4.78 is 11.7. The Morgan fingerprint density at radius 3 is 1.88 bits per heavy atom. The summed E-state index contributed by atoms with van der Waals surface area (Å²) in [6.45, 7) is 7.11. The van der Waals surface area contributed by atoms with Crippen molar-refractivity contribution in [1.82, 2.24) is 5.16 Å². The minimum absolute atomic E-state index is 0.0645. The van der Waals surface area contributed by atoms with Gasteiger partial charge in [-0.05, 0) is 15.4 Å². The smallest absolute Gasteiger partial charge is 0.261 e. The van der Waals surface area contributed by atoms with Crippen molar-refractivity contribution >= 4 is 24.6 Å². The van der Waals surface area contributed by atoms with Crippen molar-refractivity contribution in [1.29, 1.82) is 0 Å². The van der Waals surface area contributed by atoms with Crippen molar-refractivity contribution in [3.05, 3.63) is 72.4 Å². The SMILES string of the molecule is CC(C)(C)[Si](OCc1cc(N)on1)(c1ccccc1)c1ccccc1. The molecule has 0 atom stereocenters. The van der Waals surface area contributed by atoms with Crippen LogP contribution in [0.25, 0.3) is 0 Å². The van der Waals surface area contributed by atoms with Gasteiger partial charge < -0.3 is 14.7 Å². The van der Waals surface area contributed by atoms with Gasteiger partial charge in [-0.25, -0.2) is 0 Å². The van der Waals surface area contributed by atoms with Gasteiger partial charge in [0.15, 0.2) is 0 Å². The fourth-order valence-electron chi connectivity index (χ4n) is 3.34. The molecule has 5 heteroatoms. The molecule has 0 saturated heterocycles. The van der Waals surface area contributed by atoms with Crippen LogP contribution in [0.3, 0.4) is 0 Å². The first kappa shape index (κ1) is 17.4. The molecule has 0 aliphatic rings. The van der Waals surface area contributed by atoms with Crippen LogP contribution in [-0.4, -0.2) is 13.5 Å². The van der Waals surface area contributed by atoms with E-state index in [-0.39, 0.29) is 5.04 Å². The molecule has 1 aromatic heterocycles. The first-order valence-electron chi connectivity index (χ1n) is 8.39. The van der Waals surface area contributed by atoms with Gasteiger partial charge in [-0.1, -0.05) is 86.6 Å². The fourth-order valence-corrected chi connectivity index (χ4v) is 7.86. The van der Waals surface area contributed by atoms with Gasteiger partial charge in [-0.15, -0.1) is 0 Å². The molecular weight excluding hydrogens is 328 g/mol. The quantitative estimate of drug-likeness (QED) is 0.716. The minimum Gasteiger partial charge on any atom is -0.401 e. The summed E-state index contributed by atoms with van der Waals surface area (Å²) in [5, 5.41) is 6.40. The highest BCUT2D eigenvalue weighted by Gasteiger charge is 2.50. The maximum Gasteiger partial charge on any atom is 0.261 e. The third-order valence-corrected chi connectivity index (χ3v) is 9.41. The number of benzene rings is 2. The van der Waals surface area contributed by atoms with Crippen LogP contribution in [0.4, 0.5) is 5.88 Å². The Kier molecular flexibility index (Phi) is 4.79. The first-order valence-corrected chi connectivity index (χ1v) is 10.3. The highest BCUT2D eigenvalue weighted by Crippen LogP contribution is 2.37. The second-order valence-electron chi connectivity index (χ2n) is 7.17. The van der Waals surface area contributed by atoms with Crippen molar-refractivity contribution in [2.75, 3.05) is 5.73 Å². The minimum atomic E-state index is -2.55. The average molecular weight is 353 g/mol. The first-order chi connectivity index (χ1) is 11.9. The molecule has 0 aliphatic carbocycles. The number of nitrogens with zero attached hydrogens (tertiary/aromatic N) is 1. The maximum atomic E-state index is 6.73. The molecule has 0 spiro atoms. The number of nitrogens with two attached hydrogens (primary N) is 1. The Labute approximate surface area is 149 Å². The fraction of sp³-hybridized carbons (Fsp3) is 0.250. The Hall–Kier alpha value is -2.37. The lowest BCUT2D eigenvalue weighted by atomic mass is 10.2. The molecule has 2 N–H and O–H groups in total. The zero-order valence-corrected chi connectivity index (χ0v) is 15.9. The lowest BCUT2D eigenvalue weighted by Gasteiger charge is -2.42. The molecule has 4 nitrogen and oxygen atoms in total. The Balaban J connectivity index is 2.11.